The fourth-order valence-corrected chi connectivity index (χ4v) is 1.80. The molecule has 0 aromatic heterocycles. The Morgan fingerprint density at radius 1 is 1.12 bits per heavy atom. The summed E-state index contributed by atoms with van der Waals surface area (Å²) >= 11 is 0. The Morgan fingerprint density at radius 3 is 2.21 bits per heavy atom. The molecule has 5 nitrogen and oxygen atoms in total. The van der Waals surface area contributed by atoms with Crippen molar-refractivity contribution in [1.82, 2.24) is 5.32 Å². The van der Waals surface area contributed by atoms with E-state index in [2.05, 4.69) is 17.2 Å². The molecular formula is C19H25NO4. The Morgan fingerprint density at radius 2 is 1.71 bits per heavy atom. The summed E-state index contributed by atoms with van der Waals surface area (Å²) in [7, 11) is 0. The lowest BCUT2D eigenvalue weighted by molar-refractivity contribution is -0.142. The maximum Gasteiger partial charge on any atom is 0.407 e. The highest BCUT2D eigenvalue weighted by Crippen LogP contribution is 2.23. The molecule has 0 unspecified atom stereocenters. The van der Waals surface area contributed by atoms with Gasteiger partial charge in [0.05, 0.1) is 5.41 Å². The van der Waals surface area contributed by atoms with Gasteiger partial charge in [-0.15, -0.1) is 0 Å². The number of benzene rings is 1. The molecule has 130 valence electrons. The topological polar surface area (TPSA) is 75.6 Å². The molecule has 1 amide bonds. The molecule has 0 fully saturated rings. The molecule has 0 atom stereocenters. The average Bonchev–Trinajstić information content (AvgIpc) is 2.45. The van der Waals surface area contributed by atoms with Gasteiger partial charge in [0.2, 0.25) is 0 Å². The Hall–Kier alpha value is -2.48. The van der Waals surface area contributed by atoms with Crippen LogP contribution < -0.4 is 5.32 Å². The van der Waals surface area contributed by atoms with E-state index in [0.29, 0.717) is 13.0 Å². The standard InChI is InChI=1S/C19H25NO4/c1-18(2,3)24-17(23)20-13-7-6-8-14-9-11-15(12-10-14)19(4,5)16(21)22/h9-12H,7,13H2,1-5H3,(H,20,23)(H,21,22). The molecule has 1 aromatic carbocycles. The fraction of sp³-hybridized carbons (Fsp3) is 0.474. The number of aliphatic carboxylic acids is 1. The van der Waals surface area contributed by atoms with E-state index in [1.165, 1.54) is 0 Å². The quantitative estimate of drug-likeness (QED) is 0.655. The summed E-state index contributed by atoms with van der Waals surface area (Å²) in [6.45, 7) is 9.16. The minimum atomic E-state index is -0.927. The highest BCUT2D eigenvalue weighted by atomic mass is 16.6. The zero-order valence-corrected chi connectivity index (χ0v) is 14.9. The molecule has 0 saturated carbocycles. The number of ether oxygens (including phenoxy) is 1. The fourth-order valence-electron chi connectivity index (χ4n) is 1.80. The Labute approximate surface area is 143 Å². The molecule has 5 heteroatoms. The van der Waals surface area contributed by atoms with Gasteiger partial charge in [0.1, 0.15) is 5.60 Å². The molecule has 0 saturated heterocycles. The van der Waals surface area contributed by atoms with Gasteiger partial charge in [0, 0.05) is 18.5 Å². The van der Waals surface area contributed by atoms with E-state index in [0.717, 1.165) is 11.1 Å². The van der Waals surface area contributed by atoms with Crippen molar-refractivity contribution in [2.75, 3.05) is 6.54 Å². The van der Waals surface area contributed by atoms with Crippen LogP contribution in [0.2, 0.25) is 0 Å². The monoisotopic (exact) mass is 331 g/mol. The van der Waals surface area contributed by atoms with Crippen LogP contribution in [0.3, 0.4) is 0 Å². The Bertz CT molecular complexity index is 643. The van der Waals surface area contributed by atoms with Gasteiger partial charge < -0.3 is 15.2 Å². The number of rotatable bonds is 4. The smallest absolute Gasteiger partial charge is 0.407 e. The van der Waals surface area contributed by atoms with Crippen LogP contribution in [0.1, 0.15) is 52.2 Å². The van der Waals surface area contributed by atoms with E-state index in [4.69, 9.17) is 4.74 Å². The first-order chi connectivity index (χ1) is 11.0. The molecule has 0 aliphatic heterocycles. The van der Waals surface area contributed by atoms with Crippen LogP contribution in [0.5, 0.6) is 0 Å². The number of hydrogen-bond donors (Lipinski definition) is 2. The minimum Gasteiger partial charge on any atom is -0.481 e. The van der Waals surface area contributed by atoms with Crippen molar-refractivity contribution in [2.24, 2.45) is 0 Å². The van der Waals surface area contributed by atoms with E-state index < -0.39 is 23.1 Å². The zero-order valence-electron chi connectivity index (χ0n) is 14.9. The van der Waals surface area contributed by atoms with Crippen LogP contribution in [-0.2, 0) is 14.9 Å². The molecule has 2 N–H and O–H groups in total. The Balaban J connectivity index is 2.51. The third-order valence-electron chi connectivity index (χ3n) is 3.29. The first-order valence-corrected chi connectivity index (χ1v) is 7.82. The van der Waals surface area contributed by atoms with E-state index in [-0.39, 0.29) is 0 Å². The number of carboxylic acid groups (broad SMARTS) is 1. The van der Waals surface area contributed by atoms with Crippen molar-refractivity contribution < 1.29 is 19.4 Å². The maximum absolute atomic E-state index is 11.4. The lowest BCUT2D eigenvalue weighted by atomic mass is 9.84. The predicted octanol–water partition coefficient (Wildman–Crippen LogP) is 3.32. The van der Waals surface area contributed by atoms with Crippen LogP contribution in [0, 0.1) is 11.8 Å². The average molecular weight is 331 g/mol. The number of amides is 1. The van der Waals surface area contributed by atoms with Crippen LogP contribution >= 0.6 is 0 Å². The van der Waals surface area contributed by atoms with Gasteiger partial charge in [0.15, 0.2) is 0 Å². The lowest BCUT2D eigenvalue weighted by Gasteiger charge is -2.19. The number of carboxylic acids is 1. The van der Waals surface area contributed by atoms with Crippen molar-refractivity contribution >= 4 is 12.1 Å². The van der Waals surface area contributed by atoms with E-state index in [1.54, 1.807) is 38.1 Å². The second-order valence-corrected chi connectivity index (χ2v) is 6.99. The molecule has 1 rings (SSSR count). The second-order valence-electron chi connectivity index (χ2n) is 6.99. The SMILES string of the molecule is CC(C)(C)OC(=O)NCCC#Cc1ccc(C(C)(C)C(=O)O)cc1. The van der Waals surface area contributed by atoms with Crippen molar-refractivity contribution in [1.29, 1.82) is 0 Å². The normalized spacial score (nSPS) is 11.2. The van der Waals surface area contributed by atoms with Crippen LogP contribution in [0.4, 0.5) is 4.79 Å². The van der Waals surface area contributed by atoms with Gasteiger partial charge in [-0.05, 0) is 52.3 Å². The first kappa shape index (κ1) is 19.6. The molecule has 0 aliphatic carbocycles. The number of nitrogens with one attached hydrogen (secondary N) is 1. The van der Waals surface area contributed by atoms with Gasteiger partial charge in [-0.1, -0.05) is 24.0 Å². The molecule has 0 bridgehead atoms. The van der Waals surface area contributed by atoms with Crippen molar-refractivity contribution in [3.8, 4) is 11.8 Å². The third-order valence-corrected chi connectivity index (χ3v) is 3.29. The van der Waals surface area contributed by atoms with E-state index >= 15 is 0 Å². The molecule has 0 radical (unpaired) electrons. The summed E-state index contributed by atoms with van der Waals surface area (Å²) in [5, 5.41) is 11.8. The molecule has 24 heavy (non-hydrogen) atoms. The minimum absolute atomic E-state index is 0.409. The van der Waals surface area contributed by atoms with Crippen molar-refractivity contribution in [2.45, 2.75) is 52.1 Å². The Kier molecular flexibility index (Phi) is 6.42. The van der Waals surface area contributed by atoms with Crippen LogP contribution in [0.25, 0.3) is 0 Å². The number of hydrogen-bond acceptors (Lipinski definition) is 3. The lowest BCUT2D eigenvalue weighted by Crippen LogP contribution is -2.32. The third kappa shape index (κ3) is 6.33. The number of carbonyl (C=O) groups is 2. The second kappa shape index (κ2) is 7.87. The zero-order chi connectivity index (χ0) is 18.4. The van der Waals surface area contributed by atoms with Crippen LogP contribution in [0.15, 0.2) is 24.3 Å². The van der Waals surface area contributed by atoms with Gasteiger partial charge >= 0.3 is 12.1 Å². The molecule has 0 aliphatic rings. The molecule has 0 heterocycles. The molecule has 0 spiro atoms. The highest BCUT2D eigenvalue weighted by molar-refractivity contribution is 5.80. The first-order valence-electron chi connectivity index (χ1n) is 7.82. The van der Waals surface area contributed by atoms with Gasteiger partial charge in [-0.2, -0.15) is 0 Å². The van der Waals surface area contributed by atoms with Crippen molar-refractivity contribution in [3.05, 3.63) is 35.4 Å². The summed E-state index contributed by atoms with van der Waals surface area (Å²) in [5.74, 6) is 5.08. The highest BCUT2D eigenvalue weighted by Gasteiger charge is 2.28. The summed E-state index contributed by atoms with van der Waals surface area (Å²) in [6, 6.07) is 7.15. The predicted molar refractivity (Wildman–Crippen MR) is 92.8 cm³/mol. The molecule has 1 aromatic rings. The van der Waals surface area contributed by atoms with Gasteiger partial charge in [-0.25, -0.2) is 4.79 Å². The molecular weight excluding hydrogens is 306 g/mol. The van der Waals surface area contributed by atoms with E-state index in [1.807, 2.05) is 20.8 Å². The summed E-state index contributed by atoms with van der Waals surface area (Å²) in [4.78, 5) is 22.7. The van der Waals surface area contributed by atoms with Crippen molar-refractivity contribution in [3.63, 3.8) is 0 Å². The van der Waals surface area contributed by atoms with Crippen LogP contribution in [-0.4, -0.2) is 29.3 Å². The number of carbonyl (C=O) groups excluding carboxylic acids is 1. The number of alkyl carbamates (subject to hydrolysis) is 1. The largest absolute Gasteiger partial charge is 0.481 e. The van der Waals surface area contributed by atoms with E-state index in [9.17, 15) is 14.7 Å². The van der Waals surface area contributed by atoms with Gasteiger partial charge in [0.25, 0.3) is 0 Å². The summed E-state index contributed by atoms with van der Waals surface area (Å²) < 4.78 is 5.12. The summed E-state index contributed by atoms with van der Waals surface area (Å²) in [6.07, 6.45) is 0.0475. The van der Waals surface area contributed by atoms with Gasteiger partial charge in [-0.3, -0.25) is 4.79 Å². The summed E-state index contributed by atoms with van der Waals surface area (Å²) in [5.41, 5.74) is 0.0919. The maximum atomic E-state index is 11.4.